The molecule has 0 aromatic carbocycles. The molecule has 1 fully saturated rings. The van der Waals surface area contributed by atoms with Crippen molar-refractivity contribution >= 4 is 17.6 Å². The number of halogens is 1. The van der Waals surface area contributed by atoms with Crippen LogP contribution in [0.2, 0.25) is 0 Å². The first-order chi connectivity index (χ1) is 9.96. The minimum Gasteiger partial charge on any atom is -0.388 e. The molecule has 1 rings (SSSR count). The molecule has 0 aromatic heterocycles. The molecule has 0 bridgehead atoms. The molecule has 0 spiro atoms. The molecule has 0 aliphatic carbocycles. The number of nitroso groups, excluding NO2 is 1. The fraction of sp³-hybridized carbons (Fsp3) is 0.900. The van der Waals surface area contributed by atoms with E-state index in [0.717, 1.165) is 0 Å². The fourth-order valence-electron chi connectivity index (χ4n) is 1.82. The zero-order chi connectivity index (χ0) is 16.0. The van der Waals surface area contributed by atoms with Gasteiger partial charge >= 0.3 is 6.03 Å². The van der Waals surface area contributed by atoms with Crippen LogP contribution < -0.4 is 5.32 Å². The van der Waals surface area contributed by atoms with Crippen molar-refractivity contribution in [2.24, 2.45) is 5.29 Å². The summed E-state index contributed by atoms with van der Waals surface area (Å²) in [5.41, 5.74) is 0. The Bertz CT molecular complexity index is 360. The number of nitrogens with zero attached hydrogens (tertiary/aromatic N) is 2. The van der Waals surface area contributed by atoms with Gasteiger partial charge in [0.05, 0.1) is 11.8 Å². The van der Waals surface area contributed by atoms with Gasteiger partial charge in [0.1, 0.15) is 24.4 Å². The molecule has 0 aromatic rings. The molecule has 122 valence electrons. The van der Waals surface area contributed by atoms with Gasteiger partial charge in [-0.3, -0.25) is 0 Å². The number of aliphatic hydroxyl groups excluding tert-OH is 3. The van der Waals surface area contributed by atoms with Gasteiger partial charge < -0.3 is 30.1 Å². The van der Waals surface area contributed by atoms with Gasteiger partial charge in [0, 0.05) is 19.5 Å². The molecule has 5 atom stereocenters. The number of carbonyl (C=O) groups excluding carboxylic acids is 1. The second-order valence-electron chi connectivity index (χ2n) is 4.33. The third-order valence-corrected chi connectivity index (χ3v) is 3.15. The summed E-state index contributed by atoms with van der Waals surface area (Å²) < 4.78 is 10.0. The van der Waals surface area contributed by atoms with Crippen molar-refractivity contribution in [2.75, 3.05) is 26.1 Å². The van der Waals surface area contributed by atoms with E-state index in [2.05, 4.69) is 10.6 Å². The lowest BCUT2D eigenvalue weighted by molar-refractivity contribution is -0.288. The Balaban J connectivity index is 2.57. The van der Waals surface area contributed by atoms with Crippen molar-refractivity contribution in [1.82, 2.24) is 10.3 Å². The molecule has 1 unspecified atom stereocenters. The molecule has 21 heavy (non-hydrogen) atoms. The van der Waals surface area contributed by atoms with Crippen LogP contribution in [0.3, 0.4) is 0 Å². The molecule has 2 amide bonds. The Hall–Kier alpha value is -1.04. The summed E-state index contributed by atoms with van der Waals surface area (Å²) in [6, 6.07) is -0.823. The van der Waals surface area contributed by atoms with Crippen LogP contribution in [0.15, 0.2) is 5.29 Å². The van der Waals surface area contributed by atoms with E-state index >= 15 is 0 Å². The number of carbonyl (C=O) groups is 1. The summed E-state index contributed by atoms with van der Waals surface area (Å²) in [5.74, 6) is 0.0262. The SMILES string of the molecule is COC1O[C@H](CNC(=O)N(CCCl)N=O)[C@@H](O)[C@H](O)[C@H]1O. The summed E-state index contributed by atoms with van der Waals surface area (Å²) in [4.78, 5) is 22.0. The molecule has 0 radical (unpaired) electrons. The second-order valence-corrected chi connectivity index (χ2v) is 4.71. The van der Waals surface area contributed by atoms with E-state index in [1.54, 1.807) is 0 Å². The summed E-state index contributed by atoms with van der Waals surface area (Å²) in [7, 11) is 1.26. The van der Waals surface area contributed by atoms with Crippen LogP contribution in [-0.4, -0.2) is 83.1 Å². The van der Waals surface area contributed by atoms with E-state index in [9.17, 15) is 25.0 Å². The quantitative estimate of drug-likeness (QED) is 0.261. The number of amides is 2. The molecule has 1 saturated heterocycles. The zero-order valence-electron chi connectivity index (χ0n) is 11.3. The number of alkyl halides is 1. The third kappa shape index (κ3) is 4.46. The molecule has 0 saturated carbocycles. The number of ether oxygens (including phenoxy) is 2. The summed E-state index contributed by atoms with van der Waals surface area (Å²) in [6.07, 6.45) is -6.51. The largest absolute Gasteiger partial charge is 0.388 e. The van der Waals surface area contributed by atoms with Crippen molar-refractivity contribution in [3.63, 3.8) is 0 Å². The van der Waals surface area contributed by atoms with Gasteiger partial charge in [-0.25, -0.2) is 4.79 Å². The first-order valence-electron chi connectivity index (χ1n) is 6.13. The Morgan fingerprint density at radius 1 is 1.38 bits per heavy atom. The predicted octanol–water partition coefficient (Wildman–Crippen LogP) is -1.63. The second kappa shape index (κ2) is 8.41. The lowest BCUT2D eigenvalue weighted by Gasteiger charge is -2.39. The lowest BCUT2D eigenvalue weighted by Crippen LogP contribution is -2.60. The van der Waals surface area contributed by atoms with Crippen LogP contribution in [-0.2, 0) is 9.47 Å². The molecule has 11 heteroatoms. The number of hydrogen-bond donors (Lipinski definition) is 4. The van der Waals surface area contributed by atoms with Crippen molar-refractivity contribution in [2.45, 2.75) is 30.7 Å². The molecule has 1 aliphatic heterocycles. The Morgan fingerprint density at radius 2 is 2.05 bits per heavy atom. The maximum Gasteiger partial charge on any atom is 0.340 e. The van der Waals surface area contributed by atoms with Gasteiger partial charge in [0.25, 0.3) is 0 Å². The predicted molar refractivity (Wildman–Crippen MR) is 70.3 cm³/mol. The van der Waals surface area contributed by atoms with Crippen LogP contribution in [0.25, 0.3) is 0 Å². The standard InChI is InChI=1S/C10H18ClN3O7/c1-20-9-8(17)7(16)6(15)5(21-9)4-12-10(18)14(13-19)3-2-11/h5-9,15-17H,2-4H2,1H3,(H,12,18)/t5-,6-,7+,8-,9?/m1/s1. The van der Waals surface area contributed by atoms with E-state index in [1.807, 2.05) is 0 Å². The van der Waals surface area contributed by atoms with Gasteiger partial charge in [-0.15, -0.1) is 16.5 Å². The van der Waals surface area contributed by atoms with Crippen LogP contribution >= 0.6 is 11.6 Å². The van der Waals surface area contributed by atoms with E-state index in [0.29, 0.717) is 5.01 Å². The van der Waals surface area contributed by atoms with Crippen molar-refractivity contribution in [3.05, 3.63) is 4.91 Å². The van der Waals surface area contributed by atoms with E-state index in [1.165, 1.54) is 7.11 Å². The van der Waals surface area contributed by atoms with Crippen molar-refractivity contribution in [1.29, 1.82) is 0 Å². The number of aliphatic hydroxyl groups is 3. The van der Waals surface area contributed by atoms with Crippen molar-refractivity contribution in [3.8, 4) is 0 Å². The third-order valence-electron chi connectivity index (χ3n) is 2.98. The minimum absolute atomic E-state index is 0.0262. The van der Waals surface area contributed by atoms with Crippen LogP contribution in [0.1, 0.15) is 0 Å². The van der Waals surface area contributed by atoms with Crippen LogP contribution in [0.5, 0.6) is 0 Å². The highest BCUT2D eigenvalue weighted by Crippen LogP contribution is 2.21. The van der Waals surface area contributed by atoms with Gasteiger partial charge in [0.2, 0.25) is 0 Å². The first kappa shape index (κ1) is 18.0. The molecule has 4 N–H and O–H groups in total. The number of hydrogen-bond acceptors (Lipinski definition) is 8. The fourth-order valence-corrected chi connectivity index (χ4v) is 1.98. The number of rotatable bonds is 6. The van der Waals surface area contributed by atoms with E-state index in [-0.39, 0.29) is 19.0 Å². The van der Waals surface area contributed by atoms with Gasteiger partial charge in [0.15, 0.2) is 6.29 Å². The Labute approximate surface area is 125 Å². The normalized spacial score (nSPS) is 32.5. The van der Waals surface area contributed by atoms with Gasteiger partial charge in [-0.2, -0.15) is 5.01 Å². The van der Waals surface area contributed by atoms with Gasteiger partial charge in [-0.1, -0.05) is 0 Å². The van der Waals surface area contributed by atoms with Crippen LogP contribution in [0, 0.1) is 4.91 Å². The Kier molecular flexibility index (Phi) is 7.22. The summed E-state index contributed by atoms with van der Waals surface area (Å²) in [6.45, 7) is -0.301. The smallest absolute Gasteiger partial charge is 0.340 e. The topological polar surface area (TPSA) is 141 Å². The number of nitrogens with one attached hydrogen (secondary N) is 1. The molecule has 1 aliphatic rings. The molecular weight excluding hydrogens is 310 g/mol. The lowest BCUT2D eigenvalue weighted by atomic mass is 9.99. The van der Waals surface area contributed by atoms with Crippen molar-refractivity contribution < 1.29 is 29.6 Å². The van der Waals surface area contributed by atoms with E-state index in [4.69, 9.17) is 21.1 Å². The molecule has 1 heterocycles. The van der Waals surface area contributed by atoms with E-state index < -0.39 is 36.7 Å². The average molecular weight is 328 g/mol. The monoisotopic (exact) mass is 327 g/mol. The zero-order valence-corrected chi connectivity index (χ0v) is 12.0. The number of methoxy groups -OCH3 is 1. The average Bonchev–Trinajstić information content (AvgIpc) is 2.49. The maximum atomic E-state index is 11.6. The molecular formula is C10H18ClN3O7. The Morgan fingerprint density at radius 3 is 2.57 bits per heavy atom. The number of urea groups is 1. The summed E-state index contributed by atoms with van der Waals surface area (Å²) in [5, 5.41) is 34.4. The summed E-state index contributed by atoms with van der Waals surface area (Å²) >= 11 is 5.40. The highest BCUT2D eigenvalue weighted by molar-refractivity contribution is 6.18. The van der Waals surface area contributed by atoms with Gasteiger partial charge in [-0.05, 0) is 0 Å². The highest BCUT2D eigenvalue weighted by Gasteiger charge is 2.43. The highest BCUT2D eigenvalue weighted by atomic mass is 35.5. The van der Waals surface area contributed by atoms with Crippen LogP contribution in [0.4, 0.5) is 4.79 Å². The maximum absolute atomic E-state index is 11.6. The minimum atomic E-state index is -1.49. The first-order valence-corrected chi connectivity index (χ1v) is 6.66. The molecule has 10 nitrogen and oxygen atoms in total.